The summed E-state index contributed by atoms with van der Waals surface area (Å²) in [5, 5.41) is 0. The lowest BCUT2D eigenvalue weighted by atomic mass is 9.84. The van der Waals surface area contributed by atoms with Crippen molar-refractivity contribution in [2.75, 3.05) is 13.7 Å². The molecule has 0 aliphatic carbocycles. The monoisotopic (exact) mass is 261 g/mol. The molecule has 0 atom stereocenters. The van der Waals surface area contributed by atoms with E-state index >= 15 is 0 Å². The molecule has 1 aromatic rings. The molecule has 0 aromatic heterocycles. The van der Waals surface area contributed by atoms with Crippen LogP contribution < -0.4 is 10.5 Å². The average Bonchev–Trinajstić information content (AvgIpc) is 2.37. The minimum atomic E-state index is 0.0822. The largest absolute Gasteiger partial charge is 0.496 e. The second-order valence-electron chi connectivity index (χ2n) is 5.98. The Kier molecular flexibility index (Phi) is 5.61. The van der Waals surface area contributed by atoms with E-state index in [9.17, 15) is 0 Å². The van der Waals surface area contributed by atoms with Crippen LogP contribution in [0, 0.1) is 0 Å². The van der Waals surface area contributed by atoms with Crippen molar-refractivity contribution in [1.82, 2.24) is 0 Å². The fraction of sp³-hybridized carbons (Fsp3) is 0.529. The minimum absolute atomic E-state index is 0.0822. The predicted molar refractivity (Wildman–Crippen MR) is 83.6 cm³/mol. The van der Waals surface area contributed by atoms with Gasteiger partial charge in [-0.3, -0.25) is 0 Å². The van der Waals surface area contributed by atoms with Gasteiger partial charge < -0.3 is 10.5 Å². The molecule has 0 saturated carbocycles. The molecule has 1 aromatic carbocycles. The van der Waals surface area contributed by atoms with Crippen LogP contribution in [0.2, 0.25) is 0 Å². The van der Waals surface area contributed by atoms with Crippen LogP contribution in [0.15, 0.2) is 24.3 Å². The van der Waals surface area contributed by atoms with E-state index in [2.05, 4.69) is 52.0 Å². The third kappa shape index (κ3) is 4.39. The first-order valence-electron chi connectivity index (χ1n) is 6.96. The van der Waals surface area contributed by atoms with Crippen molar-refractivity contribution in [1.29, 1.82) is 0 Å². The van der Waals surface area contributed by atoms with E-state index < -0.39 is 0 Å². The van der Waals surface area contributed by atoms with Crippen molar-refractivity contribution in [2.45, 2.75) is 46.0 Å². The van der Waals surface area contributed by atoms with Crippen molar-refractivity contribution in [3.8, 4) is 5.75 Å². The van der Waals surface area contributed by atoms with Gasteiger partial charge in [0.2, 0.25) is 0 Å². The zero-order valence-electron chi connectivity index (χ0n) is 12.9. The SMILES string of the molecule is COc1ccc(/C(C)=C/CCCN)cc1C(C)(C)C. The lowest BCUT2D eigenvalue weighted by Gasteiger charge is -2.23. The Morgan fingerprint density at radius 1 is 1.32 bits per heavy atom. The summed E-state index contributed by atoms with van der Waals surface area (Å²) in [7, 11) is 1.73. The van der Waals surface area contributed by atoms with Crippen LogP contribution in [-0.4, -0.2) is 13.7 Å². The summed E-state index contributed by atoms with van der Waals surface area (Å²) < 4.78 is 5.47. The first-order valence-corrected chi connectivity index (χ1v) is 6.96. The van der Waals surface area contributed by atoms with Gasteiger partial charge in [0.1, 0.15) is 5.75 Å². The predicted octanol–water partition coefficient (Wildman–Crippen LogP) is 4.13. The summed E-state index contributed by atoms with van der Waals surface area (Å²) in [6, 6.07) is 6.44. The van der Waals surface area contributed by atoms with E-state index in [0.717, 1.165) is 25.1 Å². The summed E-state index contributed by atoms with van der Waals surface area (Å²) in [5.74, 6) is 0.964. The number of benzene rings is 1. The third-order valence-electron chi connectivity index (χ3n) is 3.32. The molecule has 0 aliphatic heterocycles. The summed E-state index contributed by atoms with van der Waals surface area (Å²) in [6.45, 7) is 9.54. The van der Waals surface area contributed by atoms with E-state index in [0.29, 0.717) is 0 Å². The van der Waals surface area contributed by atoms with Gasteiger partial charge >= 0.3 is 0 Å². The Balaban J connectivity index is 3.08. The van der Waals surface area contributed by atoms with Crippen LogP contribution in [-0.2, 0) is 5.41 Å². The van der Waals surface area contributed by atoms with Gasteiger partial charge in [-0.15, -0.1) is 0 Å². The molecule has 0 fully saturated rings. The molecule has 1 rings (SSSR count). The van der Waals surface area contributed by atoms with Gasteiger partial charge in [0, 0.05) is 5.56 Å². The number of rotatable bonds is 5. The number of nitrogens with two attached hydrogens (primary N) is 1. The first kappa shape index (κ1) is 15.8. The molecule has 0 aliphatic rings. The second kappa shape index (κ2) is 6.76. The van der Waals surface area contributed by atoms with Gasteiger partial charge in [0.15, 0.2) is 0 Å². The molecule has 0 saturated heterocycles. The summed E-state index contributed by atoms with van der Waals surface area (Å²) >= 11 is 0. The van der Waals surface area contributed by atoms with Gasteiger partial charge in [0.05, 0.1) is 7.11 Å². The first-order chi connectivity index (χ1) is 8.90. The standard InChI is InChI=1S/C17H27NO/c1-13(8-6-7-11-18)14-9-10-16(19-5)15(12-14)17(2,3)4/h8-10,12H,6-7,11,18H2,1-5H3/b13-8+. The van der Waals surface area contributed by atoms with E-state index in [1.807, 2.05) is 0 Å². The topological polar surface area (TPSA) is 35.2 Å². The number of unbranched alkanes of at least 4 members (excludes halogenated alkanes) is 1. The molecule has 0 unspecified atom stereocenters. The molecule has 0 heterocycles. The van der Waals surface area contributed by atoms with Crippen molar-refractivity contribution < 1.29 is 4.74 Å². The lowest BCUT2D eigenvalue weighted by molar-refractivity contribution is 0.397. The van der Waals surface area contributed by atoms with Crippen LogP contribution in [0.3, 0.4) is 0 Å². The maximum Gasteiger partial charge on any atom is 0.122 e. The Bertz CT molecular complexity index is 441. The van der Waals surface area contributed by atoms with Crippen molar-refractivity contribution in [3.63, 3.8) is 0 Å². The van der Waals surface area contributed by atoms with E-state index in [1.54, 1.807) is 7.11 Å². The van der Waals surface area contributed by atoms with Crippen LogP contribution >= 0.6 is 0 Å². The molecule has 2 nitrogen and oxygen atoms in total. The molecule has 106 valence electrons. The Labute approximate surface area is 117 Å². The molecule has 2 N–H and O–H groups in total. The third-order valence-corrected chi connectivity index (χ3v) is 3.32. The quantitative estimate of drug-likeness (QED) is 0.809. The second-order valence-corrected chi connectivity index (χ2v) is 5.98. The lowest BCUT2D eigenvalue weighted by Crippen LogP contribution is -2.13. The van der Waals surface area contributed by atoms with E-state index in [4.69, 9.17) is 10.5 Å². The van der Waals surface area contributed by atoms with Crippen molar-refractivity contribution in [2.24, 2.45) is 5.73 Å². The molecule has 0 spiro atoms. The minimum Gasteiger partial charge on any atom is -0.496 e. The smallest absolute Gasteiger partial charge is 0.122 e. The van der Waals surface area contributed by atoms with Crippen LogP contribution in [0.4, 0.5) is 0 Å². The van der Waals surface area contributed by atoms with Gasteiger partial charge in [-0.25, -0.2) is 0 Å². The van der Waals surface area contributed by atoms with E-state index in [1.165, 1.54) is 16.7 Å². The number of allylic oxidation sites excluding steroid dienone is 2. The summed E-state index contributed by atoms with van der Waals surface area (Å²) in [4.78, 5) is 0. The van der Waals surface area contributed by atoms with Crippen LogP contribution in [0.1, 0.15) is 51.7 Å². The highest BCUT2D eigenvalue weighted by Crippen LogP contribution is 2.33. The summed E-state index contributed by atoms with van der Waals surface area (Å²) in [5.41, 5.74) is 9.43. The highest BCUT2D eigenvalue weighted by Gasteiger charge is 2.19. The molecular formula is C17H27NO. The fourth-order valence-electron chi connectivity index (χ4n) is 2.09. The normalized spacial score (nSPS) is 12.6. The number of hydrogen-bond donors (Lipinski definition) is 1. The number of methoxy groups -OCH3 is 1. The number of hydrogen-bond acceptors (Lipinski definition) is 2. The summed E-state index contributed by atoms with van der Waals surface area (Å²) in [6.07, 6.45) is 4.35. The maximum absolute atomic E-state index is 5.53. The van der Waals surface area contributed by atoms with Crippen molar-refractivity contribution in [3.05, 3.63) is 35.4 Å². The number of ether oxygens (including phenoxy) is 1. The van der Waals surface area contributed by atoms with E-state index in [-0.39, 0.29) is 5.41 Å². The van der Waals surface area contributed by atoms with Gasteiger partial charge in [-0.2, -0.15) is 0 Å². The van der Waals surface area contributed by atoms with Gasteiger partial charge in [-0.1, -0.05) is 32.9 Å². The highest BCUT2D eigenvalue weighted by atomic mass is 16.5. The molecule has 0 bridgehead atoms. The Morgan fingerprint density at radius 2 is 2.00 bits per heavy atom. The Hall–Kier alpha value is -1.28. The van der Waals surface area contributed by atoms with Gasteiger partial charge in [-0.05, 0) is 55.0 Å². The molecule has 19 heavy (non-hydrogen) atoms. The Morgan fingerprint density at radius 3 is 2.53 bits per heavy atom. The zero-order valence-corrected chi connectivity index (χ0v) is 12.9. The molecule has 0 amide bonds. The molecule has 0 radical (unpaired) electrons. The molecular weight excluding hydrogens is 234 g/mol. The van der Waals surface area contributed by atoms with Crippen molar-refractivity contribution >= 4 is 5.57 Å². The van der Waals surface area contributed by atoms with Crippen LogP contribution in [0.25, 0.3) is 5.57 Å². The average molecular weight is 261 g/mol. The van der Waals surface area contributed by atoms with Crippen LogP contribution in [0.5, 0.6) is 5.75 Å². The maximum atomic E-state index is 5.53. The molecule has 2 heteroatoms. The van der Waals surface area contributed by atoms with Gasteiger partial charge in [0.25, 0.3) is 0 Å². The fourth-order valence-corrected chi connectivity index (χ4v) is 2.09. The zero-order chi connectivity index (χ0) is 14.5. The highest BCUT2D eigenvalue weighted by molar-refractivity contribution is 5.65.